The van der Waals surface area contributed by atoms with Crippen LogP contribution < -0.4 is 18.9 Å². The van der Waals surface area contributed by atoms with Gasteiger partial charge in [-0.05, 0) is 43.4 Å². The molecule has 0 unspecified atom stereocenters. The number of aromatic nitrogens is 1. The topological polar surface area (TPSA) is 145 Å². The van der Waals surface area contributed by atoms with E-state index in [4.69, 9.17) is 35.7 Å². The summed E-state index contributed by atoms with van der Waals surface area (Å²) in [6, 6.07) is 5.49. The van der Waals surface area contributed by atoms with E-state index in [-0.39, 0.29) is 55.9 Å². The second-order valence-corrected chi connectivity index (χ2v) is 9.80. The first-order chi connectivity index (χ1) is 18.4. The van der Waals surface area contributed by atoms with Gasteiger partial charge in [0.2, 0.25) is 5.88 Å². The van der Waals surface area contributed by atoms with Crippen LogP contribution in [0.15, 0.2) is 30.5 Å². The number of nitrogens with zero attached hydrogens (tertiary/aromatic N) is 1. The van der Waals surface area contributed by atoms with Crippen LogP contribution in [0.5, 0.6) is 17.4 Å². The van der Waals surface area contributed by atoms with Crippen LogP contribution >= 0.6 is 11.6 Å². The van der Waals surface area contributed by atoms with Crippen LogP contribution in [0.25, 0.3) is 0 Å². The summed E-state index contributed by atoms with van der Waals surface area (Å²) >= 11 is 5.98. The summed E-state index contributed by atoms with van der Waals surface area (Å²) in [6.07, 6.45) is -3.90. The van der Waals surface area contributed by atoms with Gasteiger partial charge >= 0.3 is 22.5 Å². The van der Waals surface area contributed by atoms with Crippen molar-refractivity contribution in [3.8, 4) is 17.4 Å². The summed E-state index contributed by atoms with van der Waals surface area (Å²) in [4.78, 5) is 15.5. The minimum Gasteiger partial charge on any atom is -0.491 e. The number of methoxy groups -OCH3 is 1. The number of benzene rings is 1. The first-order valence-corrected chi connectivity index (χ1v) is 13.5. The molecule has 0 atom stereocenters. The Hall–Kier alpha value is -2.85. The van der Waals surface area contributed by atoms with E-state index in [1.165, 1.54) is 13.2 Å². The van der Waals surface area contributed by atoms with E-state index in [1.807, 2.05) is 0 Å². The molecule has 0 aliphatic carbocycles. The number of hydrogen-bond donors (Lipinski definition) is 3. The number of ether oxygens (including phenoxy) is 4. The summed E-state index contributed by atoms with van der Waals surface area (Å²) in [5.41, 5.74) is -0.469. The van der Waals surface area contributed by atoms with Crippen LogP contribution in [0.1, 0.15) is 30.4 Å². The van der Waals surface area contributed by atoms with E-state index in [9.17, 15) is 26.4 Å². The smallest absolute Gasteiger partial charge is 0.421 e. The van der Waals surface area contributed by atoms with Gasteiger partial charge < -0.3 is 24.1 Å². The fourth-order valence-electron chi connectivity index (χ4n) is 2.97. The molecule has 3 N–H and O–H groups in total. The monoisotopic (exact) mass is 599 g/mol. The molecule has 39 heavy (non-hydrogen) atoms. The zero-order valence-corrected chi connectivity index (χ0v) is 22.5. The number of hydrogen-bond acceptors (Lipinski definition) is 9. The van der Waals surface area contributed by atoms with Crippen molar-refractivity contribution >= 4 is 27.9 Å². The molecular weight excluding hydrogens is 571 g/mol. The Kier molecular flexibility index (Phi) is 13.0. The number of rotatable bonds is 16. The van der Waals surface area contributed by atoms with Gasteiger partial charge in [0.15, 0.2) is 0 Å². The van der Waals surface area contributed by atoms with Crippen molar-refractivity contribution in [1.82, 2.24) is 14.4 Å². The zero-order chi connectivity index (χ0) is 28.9. The molecule has 0 aliphatic rings. The Bertz CT molecular complexity index is 1190. The predicted octanol–water partition coefficient (Wildman–Crippen LogP) is 3.84. The molecule has 218 valence electrons. The van der Waals surface area contributed by atoms with Crippen LogP contribution in [0, 0.1) is 0 Å². The third-order valence-electron chi connectivity index (χ3n) is 4.85. The molecule has 0 aliphatic heterocycles. The third kappa shape index (κ3) is 11.8. The van der Waals surface area contributed by atoms with Crippen molar-refractivity contribution in [3.05, 3.63) is 46.6 Å². The number of unbranched alkanes of at least 4 members (excludes halogenated alkanes) is 1. The van der Waals surface area contributed by atoms with Gasteiger partial charge in [-0.2, -0.15) is 26.3 Å². The number of aliphatic hydroxyl groups excluding tert-OH is 1. The largest absolute Gasteiger partial charge is 0.491 e. The van der Waals surface area contributed by atoms with E-state index >= 15 is 0 Å². The van der Waals surface area contributed by atoms with Gasteiger partial charge in [-0.15, -0.1) is 0 Å². The minimum atomic E-state index is -4.63. The lowest BCUT2D eigenvalue weighted by molar-refractivity contribution is -0.137. The maximum atomic E-state index is 12.9. The second kappa shape index (κ2) is 15.7. The highest BCUT2D eigenvalue weighted by Gasteiger charge is 2.32. The van der Waals surface area contributed by atoms with Crippen molar-refractivity contribution < 1.29 is 50.4 Å². The minimum absolute atomic E-state index is 0.0366. The van der Waals surface area contributed by atoms with Gasteiger partial charge in [0.25, 0.3) is 0 Å². The molecule has 1 heterocycles. The first-order valence-electron chi connectivity index (χ1n) is 11.7. The summed E-state index contributed by atoms with van der Waals surface area (Å²) < 4.78 is 87.4. The molecule has 0 spiro atoms. The summed E-state index contributed by atoms with van der Waals surface area (Å²) in [5.74, 6) is 0.326. The lowest BCUT2D eigenvalue weighted by Gasteiger charge is -2.15. The first kappa shape index (κ1) is 32.4. The van der Waals surface area contributed by atoms with Crippen molar-refractivity contribution in [2.45, 2.75) is 31.9 Å². The number of alkyl halides is 3. The highest BCUT2D eigenvalue weighted by molar-refractivity contribution is 7.88. The van der Waals surface area contributed by atoms with Gasteiger partial charge in [-0.3, -0.25) is 0 Å². The van der Waals surface area contributed by atoms with E-state index in [0.29, 0.717) is 43.0 Å². The normalized spacial score (nSPS) is 11.7. The van der Waals surface area contributed by atoms with E-state index in [0.717, 1.165) is 0 Å². The van der Waals surface area contributed by atoms with Crippen LogP contribution in [0.2, 0.25) is 5.02 Å². The van der Waals surface area contributed by atoms with Crippen molar-refractivity contribution in [1.29, 1.82) is 0 Å². The molecule has 1 aromatic carbocycles. The SMILES string of the molecule is COCCOc1ccc(CCCOC(=O)NS(=O)(=O)NCCCCO)c(Oc2ncc(C(F)(F)F)cc2Cl)c1. The molecule has 16 heteroatoms. The quantitative estimate of drug-likeness (QED) is 0.245. The van der Waals surface area contributed by atoms with Gasteiger partial charge in [0.05, 0.1) is 18.8 Å². The Morgan fingerprint density at radius 3 is 2.56 bits per heavy atom. The summed E-state index contributed by atoms with van der Waals surface area (Å²) in [6.45, 7) is 0.348. The molecule has 0 bridgehead atoms. The van der Waals surface area contributed by atoms with Crippen LogP contribution in [-0.4, -0.2) is 64.7 Å². The number of halogens is 4. The molecular formula is C23H29ClF3N3O8S. The lowest BCUT2D eigenvalue weighted by atomic mass is 10.1. The molecule has 11 nitrogen and oxygen atoms in total. The lowest BCUT2D eigenvalue weighted by Crippen LogP contribution is -2.41. The number of aryl methyl sites for hydroxylation is 1. The average molecular weight is 600 g/mol. The molecule has 1 aromatic heterocycles. The third-order valence-corrected chi connectivity index (χ3v) is 6.14. The fourth-order valence-corrected chi connectivity index (χ4v) is 3.94. The number of pyridine rings is 1. The van der Waals surface area contributed by atoms with Gasteiger partial charge in [0, 0.05) is 32.5 Å². The fraction of sp³-hybridized carbons (Fsp3) is 0.478. The average Bonchev–Trinajstić information content (AvgIpc) is 2.86. The highest BCUT2D eigenvalue weighted by Crippen LogP contribution is 2.36. The Morgan fingerprint density at radius 2 is 1.90 bits per heavy atom. The Morgan fingerprint density at radius 1 is 1.13 bits per heavy atom. The summed E-state index contributed by atoms with van der Waals surface area (Å²) in [5, 5.41) is 8.35. The molecule has 2 aromatic rings. The standard InChI is InChI=1S/C23H29ClF3N3O8S/c1-35-11-12-36-18-7-6-16(5-4-10-37-22(32)30-39(33,34)29-8-2-3-9-31)20(14-18)38-21-19(24)13-17(15-28-21)23(25,26)27/h6-7,13-15,29,31H,2-5,8-12H2,1H3,(H,30,32). The molecule has 2 rings (SSSR count). The van der Waals surface area contributed by atoms with E-state index in [2.05, 4.69) is 9.71 Å². The molecule has 0 saturated carbocycles. The van der Waals surface area contributed by atoms with E-state index in [1.54, 1.807) is 16.9 Å². The van der Waals surface area contributed by atoms with Gasteiger partial charge in [0.1, 0.15) is 23.1 Å². The van der Waals surface area contributed by atoms with Crippen molar-refractivity contribution in [2.75, 3.05) is 40.1 Å². The number of nitrogens with one attached hydrogen (secondary N) is 2. The van der Waals surface area contributed by atoms with Crippen molar-refractivity contribution in [2.24, 2.45) is 0 Å². The maximum Gasteiger partial charge on any atom is 0.421 e. The number of carbonyl (C=O) groups excluding carboxylic acids is 1. The van der Waals surface area contributed by atoms with Gasteiger partial charge in [-0.1, -0.05) is 17.7 Å². The van der Waals surface area contributed by atoms with E-state index < -0.39 is 28.0 Å². The molecule has 1 amide bonds. The number of amides is 1. The summed E-state index contributed by atoms with van der Waals surface area (Å²) in [7, 11) is -2.60. The van der Waals surface area contributed by atoms with Crippen molar-refractivity contribution in [3.63, 3.8) is 0 Å². The number of carbonyl (C=O) groups is 1. The van der Waals surface area contributed by atoms with Gasteiger partial charge in [-0.25, -0.2) is 14.5 Å². The maximum absolute atomic E-state index is 12.9. The molecule has 0 fully saturated rings. The van der Waals surface area contributed by atoms with Crippen LogP contribution in [0.3, 0.4) is 0 Å². The second-order valence-electron chi connectivity index (χ2n) is 7.89. The number of aliphatic hydroxyl groups is 1. The molecule has 0 radical (unpaired) electrons. The Balaban J connectivity index is 2.03. The Labute approximate surface area is 228 Å². The highest BCUT2D eigenvalue weighted by atomic mass is 35.5. The van der Waals surface area contributed by atoms with Crippen LogP contribution in [0.4, 0.5) is 18.0 Å². The molecule has 0 saturated heterocycles. The predicted molar refractivity (Wildman–Crippen MR) is 134 cm³/mol. The van der Waals surface area contributed by atoms with Crippen LogP contribution in [-0.2, 0) is 32.3 Å². The zero-order valence-electron chi connectivity index (χ0n) is 20.9.